The molecule has 5 nitrogen and oxygen atoms in total. The van der Waals surface area contributed by atoms with Crippen molar-refractivity contribution in [3.8, 4) is 0 Å². The molecule has 1 aromatic rings. The highest BCUT2D eigenvalue weighted by molar-refractivity contribution is 14.0. The summed E-state index contributed by atoms with van der Waals surface area (Å²) in [7, 11) is 1.69. The average molecular weight is 487 g/mol. The van der Waals surface area contributed by atoms with Crippen LogP contribution in [0.4, 0.5) is 0 Å². The van der Waals surface area contributed by atoms with Gasteiger partial charge < -0.3 is 19.7 Å². The molecule has 1 aromatic carbocycles. The SMILES string of the molecule is CCNC(=NCCCOCCOC)N1CCC(=Cc2ccccc2)CC1.I. The first kappa shape index (κ1) is 23.9. The maximum atomic E-state index is 5.50. The number of rotatable bonds is 9. The first-order valence-electron chi connectivity index (χ1n) is 9.68. The van der Waals surface area contributed by atoms with E-state index in [1.54, 1.807) is 7.11 Å². The molecule has 6 heteroatoms. The number of benzene rings is 1. The van der Waals surface area contributed by atoms with Crippen molar-refractivity contribution in [2.45, 2.75) is 26.2 Å². The van der Waals surface area contributed by atoms with Gasteiger partial charge in [0.15, 0.2) is 5.96 Å². The fourth-order valence-electron chi connectivity index (χ4n) is 2.96. The predicted molar refractivity (Wildman–Crippen MR) is 124 cm³/mol. The fraction of sp³-hybridized carbons (Fsp3) is 0.571. The van der Waals surface area contributed by atoms with Crippen molar-refractivity contribution >= 4 is 36.0 Å². The van der Waals surface area contributed by atoms with E-state index in [1.807, 2.05) is 0 Å². The number of halogens is 1. The van der Waals surface area contributed by atoms with E-state index in [1.165, 1.54) is 11.1 Å². The highest BCUT2D eigenvalue weighted by Crippen LogP contribution is 2.19. The van der Waals surface area contributed by atoms with E-state index in [2.05, 4.69) is 53.5 Å². The van der Waals surface area contributed by atoms with E-state index in [4.69, 9.17) is 14.5 Å². The largest absolute Gasteiger partial charge is 0.382 e. The summed E-state index contributed by atoms with van der Waals surface area (Å²) in [6.45, 7) is 7.89. The van der Waals surface area contributed by atoms with Crippen LogP contribution in [0.5, 0.6) is 0 Å². The Labute approximate surface area is 181 Å². The molecule has 0 aliphatic carbocycles. The van der Waals surface area contributed by atoms with Gasteiger partial charge in [-0.25, -0.2) is 0 Å². The number of methoxy groups -OCH3 is 1. The molecular weight excluding hydrogens is 453 g/mol. The van der Waals surface area contributed by atoms with Crippen LogP contribution in [0.2, 0.25) is 0 Å². The van der Waals surface area contributed by atoms with Crippen LogP contribution in [-0.2, 0) is 9.47 Å². The Kier molecular flexibility index (Phi) is 13.2. The quantitative estimate of drug-likeness (QED) is 0.249. The standard InChI is InChI=1S/C21H33N3O2.HI/c1-3-22-21(23-12-7-15-26-17-16-25-2)24-13-10-20(11-14-24)18-19-8-5-4-6-9-19;/h4-6,8-9,18H,3,7,10-17H2,1-2H3,(H,22,23);1H. The number of piperidine rings is 1. The van der Waals surface area contributed by atoms with Crippen LogP contribution < -0.4 is 5.32 Å². The Bertz CT molecular complexity index is 554. The minimum Gasteiger partial charge on any atom is -0.382 e. The zero-order chi connectivity index (χ0) is 18.5. The van der Waals surface area contributed by atoms with E-state index >= 15 is 0 Å². The molecule has 0 amide bonds. The summed E-state index contributed by atoms with van der Waals surface area (Å²) >= 11 is 0. The third kappa shape index (κ3) is 9.58. The molecular formula is C21H34IN3O2. The van der Waals surface area contributed by atoms with E-state index < -0.39 is 0 Å². The molecule has 1 aliphatic rings. The zero-order valence-corrected chi connectivity index (χ0v) is 19.0. The number of nitrogens with one attached hydrogen (secondary N) is 1. The first-order valence-corrected chi connectivity index (χ1v) is 9.68. The highest BCUT2D eigenvalue weighted by Gasteiger charge is 2.17. The first-order chi connectivity index (χ1) is 12.8. The minimum absolute atomic E-state index is 0. The molecule has 1 aliphatic heterocycles. The lowest BCUT2D eigenvalue weighted by molar-refractivity contribution is 0.0702. The number of hydrogen-bond acceptors (Lipinski definition) is 3. The number of aliphatic imine (C=N–C) groups is 1. The number of ether oxygens (including phenoxy) is 2. The minimum atomic E-state index is 0. The molecule has 0 saturated carbocycles. The maximum Gasteiger partial charge on any atom is 0.193 e. The molecule has 1 saturated heterocycles. The van der Waals surface area contributed by atoms with Crippen molar-refractivity contribution in [3.05, 3.63) is 41.5 Å². The van der Waals surface area contributed by atoms with Crippen LogP contribution in [0.3, 0.4) is 0 Å². The third-order valence-corrected chi connectivity index (χ3v) is 4.35. The molecule has 1 N–H and O–H groups in total. The van der Waals surface area contributed by atoms with Crippen molar-refractivity contribution in [1.29, 1.82) is 0 Å². The van der Waals surface area contributed by atoms with Gasteiger partial charge in [-0.05, 0) is 31.7 Å². The smallest absolute Gasteiger partial charge is 0.193 e. The molecule has 0 aromatic heterocycles. The molecule has 0 atom stereocenters. The second kappa shape index (κ2) is 14.9. The Balaban J connectivity index is 0.00000364. The molecule has 0 radical (unpaired) electrons. The summed E-state index contributed by atoms with van der Waals surface area (Å²) in [6.07, 6.45) is 5.46. The summed E-state index contributed by atoms with van der Waals surface area (Å²) in [4.78, 5) is 7.14. The lowest BCUT2D eigenvalue weighted by Crippen LogP contribution is -2.44. The summed E-state index contributed by atoms with van der Waals surface area (Å²) in [6, 6.07) is 10.6. The second-order valence-electron chi connectivity index (χ2n) is 6.39. The van der Waals surface area contributed by atoms with Gasteiger partial charge in [0.05, 0.1) is 13.2 Å². The van der Waals surface area contributed by atoms with Crippen molar-refractivity contribution < 1.29 is 9.47 Å². The van der Waals surface area contributed by atoms with Gasteiger partial charge in [0, 0.05) is 39.9 Å². The number of nitrogens with zero attached hydrogens (tertiary/aromatic N) is 2. The molecule has 152 valence electrons. The topological polar surface area (TPSA) is 46.1 Å². The van der Waals surface area contributed by atoms with Gasteiger partial charge in [0.2, 0.25) is 0 Å². The van der Waals surface area contributed by atoms with Crippen LogP contribution in [-0.4, -0.2) is 64.0 Å². The molecule has 27 heavy (non-hydrogen) atoms. The van der Waals surface area contributed by atoms with Crippen LogP contribution in [0.25, 0.3) is 6.08 Å². The lowest BCUT2D eigenvalue weighted by atomic mass is 10.0. The van der Waals surface area contributed by atoms with Crippen LogP contribution in [0.15, 0.2) is 40.9 Å². The van der Waals surface area contributed by atoms with Gasteiger partial charge in [-0.3, -0.25) is 4.99 Å². The lowest BCUT2D eigenvalue weighted by Gasteiger charge is -2.31. The summed E-state index contributed by atoms with van der Waals surface area (Å²) in [5, 5.41) is 3.42. The molecule has 2 rings (SSSR count). The van der Waals surface area contributed by atoms with Gasteiger partial charge >= 0.3 is 0 Å². The molecule has 1 fully saturated rings. The Morgan fingerprint density at radius 2 is 1.89 bits per heavy atom. The average Bonchev–Trinajstić information content (AvgIpc) is 2.68. The highest BCUT2D eigenvalue weighted by atomic mass is 127. The van der Waals surface area contributed by atoms with E-state index in [0.717, 1.165) is 58.0 Å². The van der Waals surface area contributed by atoms with Crippen molar-refractivity contribution in [2.24, 2.45) is 4.99 Å². The van der Waals surface area contributed by atoms with E-state index in [-0.39, 0.29) is 24.0 Å². The monoisotopic (exact) mass is 487 g/mol. The number of guanidine groups is 1. The van der Waals surface area contributed by atoms with Crippen LogP contribution in [0, 0.1) is 0 Å². The van der Waals surface area contributed by atoms with Gasteiger partial charge in [-0.15, -0.1) is 24.0 Å². The summed E-state index contributed by atoms with van der Waals surface area (Å²) in [5.74, 6) is 1.03. The van der Waals surface area contributed by atoms with Gasteiger partial charge in [-0.2, -0.15) is 0 Å². The molecule has 0 spiro atoms. The van der Waals surface area contributed by atoms with Crippen molar-refractivity contribution in [3.63, 3.8) is 0 Å². The molecule has 1 heterocycles. The van der Waals surface area contributed by atoms with Gasteiger partial charge in [-0.1, -0.05) is 42.0 Å². The number of hydrogen-bond donors (Lipinski definition) is 1. The summed E-state index contributed by atoms with van der Waals surface area (Å²) < 4.78 is 10.5. The van der Waals surface area contributed by atoms with Crippen molar-refractivity contribution in [1.82, 2.24) is 10.2 Å². The van der Waals surface area contributed by atoms with Crippen LogP contribution >= 0.6 is 24.0 Å². The Hall–Kier alpha value is -1.12. The number of likely N-dealkylation sites (tertiary alicyclic amines) is 1. The Morgan fingerprint density at radius 1 is 1.15 bits per heavy atom. The van der Waals surface area contributed by atoms with E-state index in [9.17, 15) is 0 Å². The zero-order valence-electron chi connectivity index (χ0n) is 16.7. The third-order valence-electron chi connectivity index (χ3n) is 4.35. The normalized spacial score (nSPS) is 14.7. The molecule has 0 unspecified atom stereocenters. The van der Waals surface area contributed by atoms with Gasteiger partial charge in [0.25, 0.3) is 0 Å². The summed E-state index contributed by atoms with van der Waals surface area (Å²) in [5.41, 5.74) is 2.82. The second-order valence-corrected chi connectivity index (χ2v) is 6.39. The maximum absolute atomic E-state index is 5.50. The Morgan fingerprint density at radius 3 is 2.56 bits per heavy atom. The van der Waals surface area contributed by atoms with E-state index in [0.29, 0.717) is 13.2 Å². The van der Waals surface area contributed by atoms with Crippen molar-refractivity contribution in [2.75, 3.05) is 53.1 Å². The fourth-order valence-corrected chi connectivity index (χ4v) is 2.96. The van der Waals surface area contributed by atoms with Gasteiger partial charge in [0.1, 0.15) is 0 Å². The predicted octanol–water partition coefficient (Wildman–Crippen LogP) is 3.80. The molecule has 0 bridgehead atoms. The van der Waals surface area contributed by atoms with Crippen LogP contribution in [0.1, 0.15) is 31.7 Å².